The van der Waals surface area contributed by atoms with E-state index in [4.69, 9.17) is 18.9 Å². The Labute approximate surface area is 315 Å². The molecule has 0 aromatic heterocycles. The summed E-state index contributed by atoms with van der Waals surface area (Å²) in [7, 11) is 0. The number of unbranched alkanes of at least 4 members (excludes halogenated alkanes) is 3. The molecule has 0 spiro atoms. The van der Waals surface area contributed by atoms with Gasteiger partial charge in [0.2, 0.25) is 0 Å². The minimum Gasteiger partial charge on any atom is -0.493 e. The molecule has 0 aliphatic carbocycles. The zero-order valence-corrected chi connectivity index (χ0v) is 33.3. The Morgan fingerprint density at radius 3 is 1.19 bits per heavy atom. The van der Waals surface area contributed by atoms with Gasteiger partial charge in [0.1, 0.15) is 36.2 Å². The maximum absolute atomic E-state index is 6.33. The largest absolute Gasteiger partial charge is 0.493 e. The SMILES string of the molecule is CCN(Cc1ccccc1OCCCCCCOc1ccccc1CN(CC)C(C)COc1c(C)cccc1C)C(C)COc1c(C)cccc1C. The molecule has 0 fully saturated rings. The molecule has 0 saturated heterocycles. The summed E-state index contributed by atoms with van der Waals surface area (Å²) in [6.45, 7) is 23.7. The first-order valence-corrected chi connectivity index (χ1v) is 19.5. The van der Waals surface area contributed by atoms with Gasteiger partial charge in [-0.3, -0.25) is 9.80 Å². The number of benzene rings is 4. The quantitative estimate of drug-likeness (QED) is 0.0715. The van der Waals surface area contributed by atoms with Crippen LogP contribution in [0.5, 0.6) is 23.0 Å². The highest BCUT2D eigenvalue weighted by molar-refractivity contribution is 5.41. The summed E-state index contributed by atoms with van der Waals surface area (Å²) in [5.41, 5.74) is 7.18. The summed E-state index contributed by atoms with van der Waals surface area (Å²) < 4.78 is 25.3. The molecule has 0 bridgehead atoms. The second kappa shape index (κ2) is 21.5. The van der Waals surface area contributed by atoms with E-state index in [9.17, 15) is 0 Å². The molecule has 2 atom stereocenters. The molecular weight excluding hydrogens is 645 g/mol. The van der Waals surface area contributed by atoms with Crippen LogP contribution in [0, 0.1) is 27.7 Å². The smallest absolute Gasteiger partial charge is 0.125 e. The number of para-hydroxylation sites is 4. The zero-order chi connectivity index (χ0) is 37.3. The minimum absolute atomic E-state index is 0.272. The molecule has 4 aromatic rings. The predicted octanol–water partition coefficient (Wildman–Crippen LogP) is 10.5. The van der Waals surface area contributed by atoms with E-state index >= 15 is 0 Å². The van der Waals surface area contributed by atoms with Crippen LogP contribution in [0.2, 0.25) is 0 Å². The lowest BCUT2D eigenvalue weighted by Gasteiger charge is -2.29. The highest BCUT2D eigenvalue weighted by Crippen LogP contribution is 2.26. The monoisotopic (exact) mass is 708 g/mol. The van der Waals surface area contributed by atoms with Gasteiger partial charge in [-0.15, -0.1) is 0 Å². The first-order chi connectivity index (χ1) is 25.2. The lowest BCUT2D eigenvalue weighted by atomic mass is 10.1. The van der Waals surface area contributed by atoms with Crippen molar-refractivity contribution in [3.05, 3.63) is 118 Å². The van der Waals surface area contributed by atoms with Gasteiger partial charge < -0.3 is 18.9 Å². The molecule has 282 valence electrons. The Morgan fingerprint density at radius 1 is 0.462 bits per heavy atom. The predicted molar refractivity (Wildman–Crippen MR) is 216 cm³/mol. The standard InChI is InChI=1S/C46H64N2O4/c1-9-47(39(7)33-51-45-35(3)21-19-22-36(45)4)31-41-25-13-15-27-43(41)49-29-17-11-12-18-30-50-44-28-16-14-26-42(44)32-48(10-2)40(8)34-52-46-37(5)23-20-24-38(46)6/h13-16,19-28,39-40H,9-12,17-18,29-34H2,1-8H3. The summed E-state index contributed by atoms with van der Waals surface area (Å²) >= 11 is 0. The third-order valence-corrected chi connectivity index (χ3v) is 10.1. The van der Waals surface area contributed by atoms with Crippen molar-refractivity contribution in [3.8, 4) is 23.0 Å². The lowest BCUT2D eigenvalue weighted by molar-refractivity contribution is 0.143. The fraction of sp³-hybridized carbons (Fsp3) is 0.478. The van der Waals surface area contributed by atoms with Crippen molar-refractivity contribution in [2.75, 3.05) is 39.5 Å². The molecule has 52 heavy (non-hydrogen) atoms. The number of nitrogens with zero attached hydrogens (tertiary/aromatic N) is 2. The van der Waals surface area contributed by atoms with Crippen LogP contribution in [0.4, 0.5) is 0 Å². The van der Waals surface area contributed by atoms with Gasteiger partial charge in [0.15, 0.2) is 0 Å². The van der Waals surface area contributed by atoms with E-state index in [1.807, 2.05) is 0 Å². The molecule has 0 amide bonds. The van der Waals surface area contributed by atoms with E-state index in [0.29, 0.717) is 13.2 Å². The van der Waals surface area contributed by atoms with Gasteiger partial charge in [0, 0.05) is 36.3 Å². The zero-order valence-electron chi connectivity index (χ0n) is 33.3. The highest BCUT2D eigenvalue weighted by Gasteiger charge is 2.18. The van der Waals surface area contributed by atoms with Crippen molar-refractivity contribution < 1.29 is 18.9 Å². The molecule has 0 aliphatic heterocycles. The summed E-state index contributed by atoms with van der Waals surface area (Å²) in [5, 5.41) is 0. The molecule has 0 heterocycles. The normalized spacial score (nSPS) is 12.6. The van der Waals surface area contributed by atoms with Gasteiger partial charge in [-0.05, 0) is 115 Å². The van der Waals surface area contributed by atoms with Gasteiger partial charge >= 0.3 is 0 Å². The summed E-state index contributed by atoms with van der Waals surface area (Å²) in [5.74, 6) is 3.97. The van der Waals surface area contributed by atoms with Crippen LogP contribution in [0.15, 0.2) is 84.9 Å². The van der Waals surface area contributed by atoms with E-state index in [1.54, 1.807) is 0 Å². The van der Waals surface area contributed by atoms with E-state index in [-0.39, 0.29) is 12.1 Å². The van der Waals surface area contributed by atoms with Crippen molar-refractivity contribution >= 4 is 0 Å². The van der Waals surface area contributed by atoms with E-state index in [0.717, 1.165) is 88.1 Å². The molecule has 6 heteroatoms. The fourth-order valence-corrected chi connectivity index (χ4v) is 6.74. The molecule has 2 unspecified atom stereocenters. The summed E-state index contributed by atoms with van der Waals surface area (Å²) in [4.78, 5) is 4.91. The number of aryl methyl sites for hydroxylation is 4. The third-order valence-electron chi connectivity index (χ3n) is 10.1. The third kappa shape index (κ3) is 12.3. The first-order valence-electron chi connectivity index (χ1n) is 19.5. The van der Waals surface area contributed by atoms with Gasteiger partial charge in [-0.1, -0.05) is 86.6 Å². The molecule has 0 aliphatic rings. The summed E-state index contributed by atoms with van der Waals surface area (Å²) in [6.07, 6.45) is 4.27. The van der Waals surface area contributed by atoms with Crippen molar-refractivity contribution in [3.63, 3.8) is 0 Å². The van der Waals surface area contributed by atoms with Gasteiger partial charge in [0.25, 0.3) is 0 Å². The van der Waals surface area contributed by atoms with Crippen molar-refractivity contribution in [2.45, 2.75) is 106 Å². The van der Waals surface area contributed by atoms with Crippen LogP contribution in [0.25, 0.3) is 0 Å². The Balaban J connectivity index is 1.16. The van der Waals surface area contributed by atoms with E-state index in [1.165, 1.54) is 33.4 Å². The van der Waals surface area contributed by atoms with Crippen molar-refractivity contribution in [1.82, 2.24) is 9.80 Å². The Kier molecular flexibility index (Phi) is 16.9. The molecular formula is C46H64N2O4. The van der Waals surface area contributed by atoms with Crippen LogP contribution in [0.3, 0.4) is 0 Å². The average Bonchev–Trinajstić information content (AvgIpc) is 3.14. The first kappa shape index (κ1) is 40.8. The van der Waals surface area contributed by atoms with Crippen LogP contribution in [-0.2, 0) is 13.1 Å². The Bertz CT molecular complexity index is 1480. The highest BCUT2D eigenvalue weighted by atomic mass is 16.5. The minimum atomic E-state index is 0.272. The Morgan fingerprint density at radius 2 is 0.827 bits per heavy atom. The lowest BCUT2D eigenvalue weighted by Crippen LogP contribution is -2.37. The maximum atomic E-state index is 6.33. The van der Waals surface area contributed by atoms with Crippen LogP contribution < -0.4 is 18.9 Å². The number of ether oxygens (including phenoxy) is 4. The number of likely N-dealkylation sites (N-methyl/N-ethyl adjacent to an activating group) is 2. The summed E-state index contributed by atoms with van der Waals surface area (Å²) in [6, 6.07) is 30.1. The number of rotatable bonds is 23. The Hall–Kier alpha value is -4.00. The van der Waals surface area contributed by atoms with Crippen molar-refractivity contribution in [1.29, 1.82) is 0 Å². The van der Waals surface area contributed by atoms with Gasteiger partial charge in [0.05, 0.1) is 13.2 Å². The second-order valence-electron chi connectivity index (χ2n) is 14.2. The molecule has 4 rings (SSSR count). The van der Waals surface area contributed by atoms with Crippen molar-refractivity contribution in [2.24, 2.45) is 0 Å². The van der Waals surface area contributed by atoms with E-state index < -0.39 is 0 Å². The van der Waals surface area contributed by atoms with Gasteiger partial charge in [-0.2, -0.15) is 0 Å². The van der Waals surface area contributed by atoms with Crippen LogP contribution >= 0.6 is 0 Å². The average molecular weight is 709 g/mol. The molecule has 0 N–H and O–H groups in total. The van der Waals surface area contributed by atoms with Crippen LogP contribution in [-0.4, -0.2) is 61.4 Å². The maximum Gasteiger partial charge on any atom is 0.125 e. The molecule has 0 saturated carbocycles. The molecule has 6 nitrogen and oxygen atoms in total. The fourth-order valence-electron chi connectivity index (χ4n) is 6.74. The van der Waals surface area contributed by atoms with E-state index in [2.05, 4.69) is 150 Å². The van der Waals surface area contributed by atoms with Gasteiger partial charge in [-0.25, -0.2) is 0 Å². The second-order valence-corrected chi connectivity index (χ2v) is 14.2. The molecule has 4 aromatic carbocycles. The topological polar surface area (TPSA) is 43.4 Å². The van der Waals surface area contributed by atoms with Crippen LogP contribution in [0.1, 0.15) is 86.8 Å². The number of hydrogen-bond acceptors (Lipinski definition) is 6. The number of hydrogen-bond donors (Lipinski definition) is 0. The molecule has 0 radical (unpaired) electrons.